The molecule has 0 amide bonds. The molecule has 0 aliphatic rings. The predicted octanol–water partition coefficient (Wildman–Crippen LogP) is 4.18. The first-order chi connectivity index (χ1) is 6.81. The van der Waals surface area contributed by atoms with E-state index < -0.39 is 0 Å². The van der Waals surface area contributed by atoms with E-state index in [1.807, 2.05) is 0 Å². The van der Waals surface area contributed by atoms with Crippen molar-refractivity contribution in [2.45, 2.75) is 66.8 Å². The average molecular weight is 213 g/mol. The van der Waals surface area contributed by atoms with Crippen molar-refractivity contribution < 1.29 is 0 Å². The maximum Gasteiger partial charge on any atom is 0.00355 e. The van der Waals surface area contributed by atoms with E-state index >= 15 is 0 Å². The van der Waals surface area contributed by atoms with Gasteiger partial charge in [-0.15, -0.1) is 0 Å². The lowest BCUT2D eigenvalue weighted by Crippen LogP contribution is -2.29. The summed E-state index contributed by atoms with van der Waals surface area (Å²) in [5.41, 5.74) is 0.507. The molecule has 0 fully saturated rings. The third-order valence-electron chi connectivity index (χ3n) is 4.16. The minimum absolute atomic E-state index is 0.507. The van der Waals surface area contributed by atoms with Gasteiger partial charge in [-0.2, -0.15) is 0 Å². The van der Waals surface area contributed by atoms with Crippen LogP contribution in [0.1, 0.15) is 60.8 Å². The first kappa shape index (κ1) is 15.0. The van der Waals surface area contributed by atoms with Gasteiger partial charge in [-0.05, 0) is 51.6 Å². The first-order valence-corrected chi connectivity index (χ1v) is 6.51. The van der Waals surface area contributed by atoms with Crippen molar-refractivity contribution in [1.82, 2.24) is 4.90 Å². The predicted molar refractivity (Wildman–Crippen MR) is 70.2 cm³/mol. The van der Waals surface area contributed by atoms with Crippen LogP contribution < -0.4 is 0 Å². The number of hydrogen-bond donors (Lipinski definition) is 0. The fourth-order valence-corrected chi connectivity index (χ4v) is 1.84. The van der Waals surface area contributed by atoms with E-state index in [1.54, 1.807) is 0 Å². The molecular formula is C14H31N. The van der Waals surface area contributed by atoms with Crippen LogP contribution in [0.5, 0.6) is 0 Å². The van der Waals surface area contributed by atoms with Crippen molar-refractivity contribution in [3.05, 3.63) is 0 Å². The molecule has 0 rings (SSSR count). The van der Waals surface area contributed by atoms with Crippen LogP contribution in [0, 0.1) is 11.3 Å². The van der Waals surface area contributed by atoms with Gasteiger partial charge in [-0.1, -0.05) is 34.1 Å². The summed E-state index contributed by atoms with van der Waals surface area (Å²) in [6.45, 7) is 15.3. The molecule has 15 heavy (non-hydrogen) atoms. The summed E-state index contributed by atoms with van der Waals surface area (Å²) in [4.78, 5) is 2.44. The summed E-state index contributed by atoms with van der Waals surface area (Å²) in [7, 11) is 2.22. The van der Waals surface area contributed by atoms with Gasteiger partial charge in [0.15, 0.2) is 0 Å². The zero-order chi connectivity index (χ0) is 12.1. The van der Waals surface area contributed by atoms with Gasteiger partial charge in [-0.3, -0.25) is 0 Å². The maximum absolute atomic E-state index is 2.44. The molecular weight excluding hydrogens is 182 g/mol. The second-order valence-corrected chi connectivity index (χ2v) is 5.98. The molecule has 1 atom stereocenters. The molecule has 0 aromatic rings. The molecule has 0 aliphatic heterocycles. The van der Waals surface area contributed by atoms with E-state index in [0.29, 0.717) is 11.5 Å². The van der Waals surface area contributed by atoms with Gasteiger partial charge >= 0.3 is 0 Å². The van der Waals surface area contributed by atoms with E-state index in [-0.39, 0.29) is 0 Å². The minimum Gasteiger partial charge on any atom is -0.304 e. The Labute approximate surface area is 97.2 Å². The molecule has 0 aromatic heterocycles. The highest BCUT2D eigenvalue weighted by Gasteiger charge is 2.23. The Morgan fingerprint density at radius 3 is 2.07 bits per heavy atom. The van der Waals surface area contributed by atoms with Crippen LogP contribution >= 0.6 is 0 Å². The molecule has 1 heteroatoms. The standard InChI is InChI=1S/C14H31N/c1-8-13(4)14(5,6)10-9-11-15(7)12(2)3/h12-13H,8-11H2,1-7H3. The number of rotatable bonds is 7. The second kappa shape index (κ2) is 6.52. The van der Waals surface area contributed by atoms with Gasteiger partial charge in [0.1, 0.15) is 0 Å². The van der Waals surface area contributed by atoms with Crippen molar-refractivity contribution in [1.29, 1.82) is 0 Å². The van der Waals surface area contributed by atoms with Gasteiger partial charge in [0.2, 0.25) is 0 Å². The lowest BCUT2D eigenvalue weighted by molar-refractivity contribution is 0.181. The van der Waals surface area contributed by atoms with Gasteiger partial charge in [0.25, 0.3) is 0 Å². The Morgan fingerprint density at radius 2 is 1.67 bits per heavy atom. The Kier molecular flexibility index (Phi) is 6.51. The number of nitrogens with zero attached hydrogens (tertiary/aromatic N) is 1. The van der Waals surface area contributed by atoms with Crippen LogP contribution in [0.2, 0.25) is 0 Å². The van der Waals surface area contributed by atoms with Gasteiger partial charge in [-0.25, -0.2) is 0 Å². The van der Waals surface area contributed by atoms with Crippen LogP contribution in [0.3, 0.4) is 0 Å². The molecule has 0 spiro atoms. The lowest BCUT2D eigenvalue weighted by Gasteiger charge is -2.32. The highest BCUT2D eigenvalue weighted by atomic mass is 15.1. The molecule has 0 aromatic carbocycles. The second-order valence-electron chi connectivity index (χ2n) is 5.98. The summed E-state index contributed by atoms with van der Waals surface area (Å²) in [6.07, 6.45) is 3.97. The van der Waals surface area contributed by atoms with E-state index in [1.165, 1.54) is 25.8 Å². The molecule has 0 bridgehead atoms. The normalized spacial score (nSPS) is 15.0. The molecule has 0 aliphatic carbocycles. The first-order valence-electron chi connectivity index (χ1n) is 6.51. The SMILES string of the molecule is CCC(C)C(C)(C)CCCN(C)C(C)C. The van der Waals surface area contributed by atoms with Crippen molar-refractivity contribution in [2.75, 3.05) is 13.6 Å². The van der Waals surface area contributed by atoms with Crippen molar-refractivity contribution >= 4 is 0 Å². The van der Waals surface area contributed by atoms with Gasteiger partial charge in [0.05, 0.1) is 0 Å². The van der Waals surface area contributed by atoms with Gasteiger partial charge < -0.3 is 4.90 Å². The molecule has 1 unspecified atom stereocenters. The molecule has 0 heterocycles. The topological polar surface area (TPSA) is 3.24 Å². The van der Waals surface area contributed by atoms with E-state index in [9.17, 15) is 0 Å². The molecule has 0 saturated heterocycles. The summed E-state index contributed by atoms with van der Waals surface area (Å²) < 4.78 is 0. The number of hydrogen-bond acceptors (Lipinski definition) is 1. The lowest BCUT2D eigenvalue weighted by atomic mass is 9.75. The molecule has 0 N–H and O–H groups in total. The monoisotopic (exact) mass is 213 g/mol. The van der Waals surface area contributed by atoms with Crippen LogP contribution in [0.25, 0.3) is 0 Å². The summed E-state index contributed by atoms with van der Waals surface area (Å²) >= 11 is 0. The van der Waals surface area contributed by atoms with Crippen molar-refractivity contribution in [2.24, 2.45) is 11.3 Å². The van der Waals surface area contributed by atoms with E-state index in [0.717, 1.165) is 5.92 Å². The van der Waals surface area contributed by atoms with Crippen LogP contribution in [0.4, 0.5) is 0 Å². The Morgan fingerprint density at radius 1 is 1.13 bits per heavy atom. The minimum atomic E-state index is 0.507. The third kappa shape index (κ3) is 5.55. The third-order valence-corrected chi connectivity index (χ3v) is 4.16. The zero-order valence-electron chi connectivity index (χ0n) is 11.9. The van der Waals surface area contributed by atoms with E-state index in [4.69, 9.17) is 0 Å². The van der Waals surface area contributed by atoms with Gasteiger partial charge in [0, 0.05) is 6.04 Å². The smallest absolute Gasteiger partial charge is 0.00355 e. The van der Waals surface area contributed by atoms with E-state index in [2.05, 4.69) is 53.5 Å². The zero-order valence-corrected chi connectivity index (χ0v) is 11.9. The average Bonchev–Trinajstić information content (AvgIpc) is 2.15. The van der Waals surface area contributed by atoms with Crippen molar-refractivity contribution in [3.8, 4) is 0 Å². The molecule has 1 nitrogen and oxygen atoms in total. The molecule has 92 valence electrons. The van der Waals surface area contributed by atoms with Crippen LogP contribution in [0.15, 0.2) is 0 Å². The Balaban J connectivity index is 3.84. The highest BCUT2D eigenvalue weighted by Crippen LogP contribution is 2.33. The van der Waals surface area contributed by atoms with Crippen LogP contribution in [-0.4, -0.2) is 24.5 Å². The fourth-order valence-electron chi connectivity index (χ4n) is 1.84. The molecule has 0 saturated carbocycles. The Hall–Kier alpha value is -0.0400. The summed E-state index contributed by atoms with van der Waals surface area (Å²) in [5, 5.41) is 0. The molecule has 0 radical (unpaired) electrons. The largest absolute Gasteiger partial charge is 0.304 e. The highest BCUT2D eigenvalue weighted by molar-refractivity contribution is 4.75. The van der Waals surface area contributed by atoms with Crippen LogP contribution in [-0.2, 0) is 0 Å². The van der Waals surface area contributed by atoms with Crippen molar-refractivity contribution in [3.63, 3.8) is 0 Å². The quantitative estimate of drug-likeness (QED) is 0.613. The fraction of sp³-hybridized carbons (Fsp3) is 1.00. The Bertz CT molecular complexity index is 161. The summed E-state index contributed by atoms with van der Waals surface area (Å²) in [6, 6.07) is 0.678. The summed E-state index contributed by atoms with van der Waals surface area (Å²) in [5.74, 6) is 0.835. The maximum atomic E-state index is 2.44.